The average Bonchev–Trinajstić information content (AvgIpc) is 3.27. The minimum absolute atomic E-state index is 0.296. The van der Waals surface area contributed by atoms with Gasteiger partial charge in [-0.25, -0.2) is 4.98 Å². The van der Waals surface area contributed by atoms with Gasteiger partial charge in [0.25, 0.3) is 0 Å². The van der Waals surface area contributed by atoms with Gasteiger partial charge in [-0.2, -0.15) is 14.8 Å². The van der Waals surface area contributed by atoms with Crippen molar-refractivity contribution in [2.45, 2.75) is 6.04 Å². The molecule has 0 saturated carbocycles. The van der Waals surface area contributed by atoms with E-state index in [0.29, 0.717) is 36.4 Å². The van der Waals surface area contributed by atoms with Crippen molar-refractivity contribution < 1.29 is 9.47 Å². The van der Waals surface area contributed by atoms with Crippen LogP contribution in [-0.4, -0.2) is 55.1 Å². The Morgan fingerprint density at radius 2 is 2.04 bits per heavy atom. The largest absolute Gasteiger partial charge is 0.497 e. The number of ether oxygens (including phenoxy) is 2. The molecule has 4 heterocycles. The Morgan fingerprint density at radius 3 is 2.78 bits per heavy atom. The molecule has 136 valence electrons. The lowest BCUT2D eigenvalue weighted by Gasteiger charge is -2.25. The molecule has 0 unspecified atom stereocenters. The fraction of sp³-hybridized carbons (Fsp3) is 0.235. The van der Waals surface area contributed by atoms with E-state index in [1.54, 1.807) is 24.2 Å². The van der Waals surface area contributed by atoms with Crippen LogP contribution in [0.1, 0.15) is 6.04 Å². The van der Waals surface area contributed by atoms with Crippen LogP contribution in [0.5, 0.6) is 5.75 Å². The molecule has 4 aromatic rings. The summed E-state index contributed by atoms with van der Waals surface area (Å²) in [7, 11) is 1.63. The monoisotopic (exact) mass is 364 g/mol. The third-order valence-electron chi connectivity index (χ3n) is 4.36. The topological polar surface area (TPSA) is 105 Å². The molecule has 27 heavy (non-hydrogen) atoms. The number of rotatable bonds is 5. The van der Waals surface area contributed by atoms with Crippen molar-refractivity contribution >= 4 is 22.8 Å². The summed E-state index contributed by atoms with van der Waals surface area (Å²) in [6, 6.07) is 7.81. The number of anilines is 2. The molecule has 5 rings (SSSR count). The van der Waals surface area contributed by atoms with Crippen LogP contribution in [0.3, 0.4) is 0 Å². The highest BCUT2D eigenvalue weighted by Crippen LogP contribution is 2.21. The molecule has 0 bridgehead atoms. The van der Waals surface area contributed by atoms with Crippen LogP contribution < -0.4 is 10.1 Å². The van der Waals surface area contributed by atoms with E-state index < -0.39 is 0 Å². The highest BCUT2D eigenvalue weighted by Gasteiger charge is 2.21. The summed E-state index contributed by atoms with van der Waals surface area (Å²) in [6.07, 6.45) is 5.30. The van der Waals surface area contributed by atoms with Gasteiger partial charge in [0.2, 0.25) is 5.95 Å². The average molecular weight is 364 g/mol. The second kappa shape index (κ2) is 6.32. The van der Waals surface area contributed by atoms with Crippen molar-refractivity contribution in [1.82, 2.24) is 34.7 Å². The predicted octanol–water partition coefficient (Wildman–Crippen LogP) is 1.73. The molecule has 1 aromatic carbocycles. The Balaban J connectivity index is 1.44. The summed E-state index contributed by atoms with van der Waals surface area (Å²) in [5.41, 5.74) is 2.86. The molecule has 1 saturated heterocycles. The van der Waals surface area contributed by atoms with Gasteiger partial charge in [0.05, 0.1) is 50.1 Å². The number of hydrogen-bond donors (Lipinski definition) is 1. The summed E-state index contributed by atoms with van der Waals surface area (Å²) in [5, 5.41) is 15.8. The lowest BCUT2D eigenvalue weighted by molar-refractivity contribution is -0.0286. The van der Waals surface area contributed by atoms with E-state index in [1.165, 1.54) is 0 Å². The number of nitrogens with zero attached hydrogens (tertiary/aromatic N) is 7. The molecule has 3 aromatic heterocycles. The second-order valence-electron chi connectivity index (χ2n) is 6.13. The zero-order valence-corrected chi connectivity index (χ0v) is 14.5. The molecule has 0 aliphatic carbocycles. The summed E-state index contributed by atoms with van der Waals surface area (Å²) in [6.45, 7) is 1.38. The maximum absolute atomic E-state index is 5.20. The maximum atomic E-state index is 5.20. The standard InChI is InChI=1S/C17H16N8O2/c1-26-14-4-2-12(3-5-14)25-16-15(22-23-25)7-18-17(21-16)20-11-6-19-24(8-11)13-9-27-10-13/h2-8,13H,9-10H2,1H3,(H,18,20,21). The predicted molar refractivity (Wildman–Crippen MR) is 96.4 cm³/mol. The van der Waals surface area contributed by atoms with Crippen LogP contribution in [0.4, 0.5) is 11.6 Å². The minimum Gasteiger partial charge on any atom is -0.497 e. The van der Waals surface area contributed by atoms with Crippen LogP contribution in [0.2, 0.25) is 0 Å². The zero-order chi connectivity index (χ0) is 18.2. The first kappa shape index (κ1) is 15.7. The first-order chi connectivity index (χ1) is 13.3. The van der Waals surface area contributed by atoms with Crippen LogP contribution in [-0.2, 0) is 4.74 Å². The van der Waals surface area contributed by atoms with E-state index in [1.807, 2.05) is 35.1 Å². The van der Waals surface area contributed by atoms with Gasteiger partial charge in [-0.15, -0.1) is 5.10 Å². The molecule has 1 fully saturated rings. The second-order valence-corrected chi connectivity index (χ2v) is 6.13. The van der Waals surface area contributed by atoms with E-state index in [4.69, 9.17) is 9.47 Å². The molecular weight excluding hydrogens is 348 g/mol. The van der Waals surface area contributed by atoms with E-state index in [2.05, 4.69) is 30.7 Å². The SMILES string of the molecule is COc1ccc(-n2nnc3cnc(Nc4cnn(C5COC5)c4)nc32)cc1. The van der Waals surface area contributed by atoms with Gasteiger partial charge >= 0.3 is 0 Å². The number of nitrogens with one attached hydrogen (secondary N) is 1. The fourth-order valence-corrected chi connectivity index (χ4v) is 2.79. The Hall–Kier alpha value is -3.53. The maximum Gasteiger partial charge on any atom is 0.229 e. The molecule has 0 spiro atoms. The lowest BCUT2D eigenvalue weighted by atomic mass is 10.3. The number of fused-ring (bicyclic) bond motifs is 1. The van der Waals surface area contributed by atoms with Gasteiger partial charge in [-0.05, 0) is 24.3 Å². The first-order valence-electron chi connectivity index (χ1n) is 8.42. The van der Waals surface area contributed by atoms with Gasteiger partial charge in [0.1, 0.15) is 5.75 Å². The van der Waals surface area contributed by atoms with Crippen molar-refractivity contribution in [3.05, 3.63) is 42.9 Å². The van der Waals surface area contributed by atoms with Crippen molar-refractivity contribution in [1.29, 1.82) is 0 Å². The van der Waals surface area contributed by atoms with Crippen LogP contribution in [0.15, 0.2) is 42.9 Å². The highest BCUT2D eigenvalue weighted by atomic mass is 16.5. The van der Waals surface area contributed by atoms with Crippen molar-refractivity contribution in [2.75, 3.05) is 25.6 Å². The van der Waals surface area contributed by atoms with Gasteiger partial charge in [0, 0.05) is 6.20 Å². The third kappa shape index (κ3) is 2.85. The molecule has 1 aliphatic heterocycles. The van der Waals surface area contributed by atoms with Gasteiger partial charge < -0.3 is 14.8 Å². The number of hydrogen-bond acceptors (Lipinski definition) is 8. The quantitative estimate of drug-likeness (QED) is 0.571. The smallest absolute Gasteiger partial charge is 0.229 e. The Bertz CT molecular complexity index is 1080. The zero-order valence-electron chi connectivity index (χ0n) is 14.5. The van der Waals surface area contributed by atoms with Crippen LogP contribution >= 0.6 is 0 Å². The molecule has 0 radical (unpaired) electrons. The molecule has 10 heteroatoms. The van der Waals surface area contributed by atoms with Gasteiger partial charge in [-0.1, -0.05) is 5.21 Å². The number of aromatic nitrogens is 7. The minimum atomic E-state index is 0.296. The van der Waals surface area contributed by atoms with E-state index in [9.17, 15) is 0 Å². The summed E-state index contributed by atoms with van der Waals surface area (Å²) < 4.78 is 13.9. The fourth-order valence-electron chi connectivity index (χ4n) is 2.79. The molecule has 1 N–H and O–H groups in total. The van der Waals surface area contributed by atoms with Crippen molar-refractivity contribution in [2.24, 2.45) is 0 Å². The Labute approximate surface area is 153 Å². The van der Waals surface area contributed by atoms with Crippen molar-refractivity contribution in [3.63, 3.8) is 0 Å². The number of methoxy groups -OCH3 is 1. The Kier molecular flexibility index (Phi) is 3.68. The summed E-state index contributed by atoms with van der Waals surface area (Å²) >= 11 is 0. The van der Waals surface area contributed by atoms with Crippen LogP contribution in [0, 0.1) is 0 Å². The van der Waals surface area contributed by atoms with E-state index in [-0.39, 0.29) is 0 Å². The lowest BCUT2D eigenvalue weighted by Crippen LogP contribution is -2.30. The van der Waals surface area contributed by atoms with Crippen LogP contribution in [0.25, 0.3) is 16.9 Å². The summed E-state index contributed by atoms with van der Waals surface area (Å²) in [4.78, 5) is 8.87. The molecule has 0 atom stereocenters. The normalized spacial score (nSPS) is 14.3. The summed E-state index contributed by atoms with van der Waals surface area (Å²) in [5.74, 6) is 1.22. The Morgan fingerprint density at radius 1 is 1.19 bits per heavy atom. The molecule has 10 nitrogen and oxygen atoms in total. The number of benzene rings is 1. The highest BCUT2D eigenvalue weighted by molar-refractivity contribution is 5.72. The third-order valence-corrected chi connectivity index (χ3v) is 4.36. The van der Waals surface area contributed by atoms with E-state index >= 15 is 0 Å². The van der Waals surface area contributed by atoms with E-state index in [0.717, 1.165) is 17.1 Å². The molecule has 1 aliphatic rings. The van der Waals surface area contributed by atoms with Gasteiger partial charge in [0.15, 0.2) is 11.2 Å². The first-order valence-corrected chi connectivity index (χ1v) is 8.42. The molecule has 0 amide bonds. The van der Waals surface area contributed by atoms with Gasteiger partial charge in [-0.3, -0.25) is 4.68 Å². The molecular formula is C17H16N8O2. The van der Waals surface area contributed by atoms with Crippen molar-refractivity contribution in [3.8, 4) is 11.4 Å².